The van der Waals surface area contributed by atoms with Crippen molar-refractivity contribution in [3.05, 3.63) is 53.9 Å². The molecule has 1 aromatic carbocycles. The summed E-state index contributed by atoms with van der Waals surface area (Å²) in [5.41, 5.74) is 5.35. The molecule has 17 heavy (non-hydrogen) atoms. The smallest absolute Gasteiger partial charge is 0.0346 e. The van der Waals surface area contributed by atoms with Gasteiger partial charge in [0.25, 0.3) is 0 Å². The van der Waals surface area contributed by atoms with Gasteiger partial charge in [-0.2, -0.15) is 0 Å². The van der Waals surface area contributed by atoms with E-state index in [1.54, 1.807) is 0 Å². The van der Waals surface area contributed by atoms with Crippen molar-refractivity contribution in [2.45, 2.75) is 33.1 Å². The zero-order valence-electron chi connectivity index (χ0n) is 11.0. The Bertz CT molecular complexity index is 507. The topological polar surface area (TPSA) is 12.9 Å². The van der Waals surface area contributed by atoms with Crippen LogP contribution < -0.4 is 0 Å². The van der Waals surface area contributed by atoms with Crippen molar-refractivity contribution in [1.29, 1.82) is 0 Å². The van der Waals surface area contributed by atoms with Crippen LogP contribution in [0.1, 0.15) is 31.9 Å². The van der Waals surface area contributed by atoms with E-state index in [1.165, 1.54) is 22.3 Å². The number of hydrogen-bond acceptors (Lipinski definition) is 1. The van der Waals surface area contributed by atoms with Crippen LogP contribution in [0.15, 0.2) is 42.7 Å². The Hall–Kier alpha value is -1.63. The number of hydrogen-bond donors (Lipinski definition) is 0. The summed E-state index contributed by atoms with van der Waals surface area (Å²) in [4.78, 5) is 4.17. The van der Waals surface area contributed by atoms with Crippen LogP contribution in [0.4, 0.5) is 0 Å². The van der Waals surface area contributed by atoms with Crippen molar-refractivity contribution >= 4 is 0 Å². The predicted molar refractivity (Wildman–Crippen MR) is 73.1 cm³/mol. The molecule has 1 heteroatoms. The van der Waals surface area contributed by atoms with Gasteiger partial charge in [-0.15, -0.1) is 0 Å². The summed E-state index contributed by atoms with van der Waals surface area (Å²) < 4.78 is 0. The van der Waals surface area contributed by atoms with E-state index in [0.717, 1.165) is 0 Å². The molecule has 0 aliphatic heterocycles. The minimum Gasteiger partial charge on any atom is -0.264 e. The number of nitrogens with zero attached hydrogens (tertiary/aromatic N) is 1. The summed E-state index contributed by atoms with van der Waals surface area (Å²) in [5, 5.41) is 0. The molecule has 0 radical (unpaired) electrons. The molecule has 0 saturated carbocycles. The molecule has 0 amide bonds. The molecule has 1 heterocycles. The lowest BCUT2D eigenvalue weighted by molar-refractivity contribution is 0.590. The molecule has 2 rings (SSSR count). The quantitative estimate of drug-likeness (QED) is 0.703. The molecule has 0 saturated heterocycles. The summed E-state index contributed by atoms with van der Waals surface area (Å²) in [6.45, 7) is 8.89. The van der Waals surface area contributed by atoms with Crippen LogP contribution in [-0.4, -0.2) is 4.98 Å². The largest absolute Gasteiger partial charge is 0.264 e. The van der Waals surface area contributed by atoms with Crippen LogP contribution in [0.25, 0.3) is 11.1 Å². The average Bonchev–Trinajstić information content (AvgIpc) is 2.29. The Kier molecular flexibility index (Phi) is 3.01. The summed E-state index contributed by atoms with van der Waals surface area (Å²) >= 11 is 0. The van der Waals surface area contributed by atoms with Crippen LogP contribution in [-0.2, 0) is 5.41 Å². The van der Waals surface area contributed by atoms with E-state index in [4.69, 9.17) is 0 Å². The van der Waals surface area contributed by atoms with Gasteiger partial charge in [0.15, 0.2) is 0 Å². The van der Waals surface area contributed by atoms with E-state index >= 15 is 0 Å². The van der Waals surface area contributed by atoms with E-state index in [9.17, 15) is 0 Å². The highest BCUT2D eigenvalue weighted by Crippen LogP contribution is 2.28. The number of benzene rings is 1. The Balaban J connectivity index is 2.46. The molecule has 0 aliphatic carbocycles. The van der Waals surface area contributed by atoms with Gasteiger partial charge in [0, 0.05) is 18.0 Å². The van der Waals surface area contributed by atoms with Gasteiger partial charge in [-0.1, -0.05) is 45.0 Å². The fraction of sp³-hybridized carbons (Fsp3) is 0.312. The van der Waals surface area contributed by atoms with Crippen LogP contribution in [0, 0.1) is 6.92 Å². The maximum absolute atomic E-state index is 4.17. The summed E-state index contributed by atoms with van der Waals surface area (Å²) in [6.07, 6.45) is 3.72. The van der Waals surface area contributed by atoms with Gasteiger partial charge in [-0.3, -0.25) is 4.98 Å². The number of rotatable bonds is 1. The highest BCUT2D eigenvalue weighted by molar-refractivity contribution is 5.66. The van der Waals surface area contributed by atoms with Crippen molar-refractivity contribution in [2.75, 3.05) is 0 Å². The lowest BCUT2D eigenvalue weighted by Gasteiger charge is -2.20. The van der Waals surface area contributed by atoms with Crippen LogP contribution >= 0.6 is 0 Å². The monoisotopic (exact) mass is 225 g/mol. The summed E-state index contributed by atoms with van der Waals surface area (Å²) in [6, 6.07) is 10.8. The normalized spacial score (nSPS) is 11.5. The number of aromatic nitrogens is 1. The first-order valence-electron chi connectivity index (χ1n) is 6.00. The van der Waals surface area contributed by atoms with Crippen LogP contribution in [0.5, 0.6) is 0 Å². The van der Waals surface area contributed by atoms with Gasteiger partial charge in [0.2, 0.25) is 0 Å². The van der Waals surface area contributed by atoms with Gasteiger partial charge in [-0.25, -0.2) is 0 Å². The Morgan fingerprint density at radius 3 is 2.35 bits per heavy atom. The number of aryl methyl sites for hydroxylation is 1. The number of pyridine rings is 1. The minimum absolute atomic E-state index is 0.207. The molecule has 0 atom stereocenters. The second-order valence-electron chi connectivity index (χ2n) is 5.52. The fourth-order valence-corrected chi connectivity index (χ4v) is 1.98. The Morgan fingerprint density at radius 1 is 1.06 bits per heavy atom. The average molecular weight is 225 g/mol. The van der Waals surface area contributed by atoms with Crippen molar-refractivity contribution in [3.8, 4) is 11.1 Å². The van der Waals surface area contributed by atoms with Gasteiger partial charge < -0.3 is 0 Å². The molecular weight excluding hydrogens is 206 g/mol. The van der Waals surface area contributed by atoms with Crippen molar-refractivity contribution < 1.29 is 0 Å². The van der Waals surface area contributed by atoms with Crippen LogP contribution in [0.3, 0.4) is 0 Å². The lowest BCUT2D eigenvalue weighted by Crippen LogP contribution is -2.11. The maximum Gasteiger partial charge on any atom is 0.0346 e. The van der Waals surface area contributed by atoms with E-state index in [2.05, 4.69) is 56.9 Å². The lowest BCUT2D eigenvalue weighted by atomic mass is 9.85. The van der Waals surface area contributed by atoms with Gasteiger partial charge in [0.05, 0.1) is 0 Å². The third-order valence-electron chi connectivity index (χ3n) is 3.06. The predicted octanol–water partition coefficient (Wildman–Crippen LogP) is 4.35. The van der Waals surface area contributed by atoms with Crippen molar-refractivity contribution in [1.82, 2.24) is 4.98 Å². The maximum atomic E-state index is 4.17. The zero-order valence-corrected chi connectivity index (χ0v) is 11.0. The Morgan fingerprint density at radius 2 is 1.82 bits per heavy atom. The van der Waals surface area contributed by atoms with Gasteiger partial charge in [-0.05, 0) is 35.1 Å². The van der Waals surface area contributed by atoms with Crippen molar-refractivity contribution in [3.63, 3.8) is 0 Å². The minimum atomic E-state index is 0.207. The van der Waals surface area contributed by atoms with Crippen LogP contribution in [0.2, 0.25) is 0 Å². The second kappa shape index (κ2) is 4.33. The molecule has 1 nitrogen and oxygen atoms in total. The standard InChI is InChI=1S/C16H19N/c1-12-10-14(16(2,3)4)7-8-15(12)13-6-5-9-17-11-13/h5-11H,1-4H3. The highest BCUT2D eigenvalue weighted by Gasteiger charge is 2.14. The summed E-state index contributed by atoms with van der Waals surface area (Å²) in [7, 11) is 0. The first-order valence-corrected chi connectivity index (χ1v) is 6.00. The third kappa shape index (κ3) is 2.55. The Labute approximate surface area is 104 Å². The molecule has 0 aliphatic rings. The molecule has 1 aromatic heterocycles. The van der Waals surface area contributed by atoms with E-state index < -0.39 is 0 Å². The van der Waals surface area contributed by atoms with E-state index in [1.807, 2.05) is 18.5 Å². The molecule has 0 N–H and O–H groups in total. The third-order valence-corrected chi connectivity index (χ3v) is 3.06. The van der Waals surface area contributed by atoms with Gasteiger partial charge in [0.1, 0.15) is 0 Å². The molecule has 0 unspecified atom stereocenters. The van der Waals surface area contributed by atoms with E-state index in [0.29, 0.717) is 0 Å². The highest BCUT2D eigenvalue weighted by atomic mass is 14.6. The molecule has 0 fully saturated rings. The van der Waals surface area contributed by atoms with E-state index in [-0.39, 0.29) is 5.41 Å². The molecule has 2 aromatic rings. The SMILES string of the molecule is Cc1cc(C(C)(C)C)ccc1-c1cccnc1. The first kappa shape index (κ1) is 11.8. The zero-order chi connectivity index (χ0) is 12.5. The van der Waals surface area contributed by atoms with Crippen molar-refractivity contribution in [2.24, 2.45) is 0 Å². The molecule has 0 bridgehead atoms. The first-order chi connectivity index (χ1) is 7.98. The molecule has 88 valence electrons. The summed E-state index contributed by atoms with van der Waals surface area (Å²) in [5.74, 6) is 0. The van der Waals surface area contributed by atoms with Gasteiger partial charge >= 0.3 is 0 Å². The fourth-order valence-electron chi connectivity index (χ4n) is 1.98. The molecule has 0 spiro atoms. The molecular formula is C16H19N. The second-order valence-corrected chi connectivity index (χ2v) is 5.52.